The summed E-state index contributed by atoms with van der Waals surface area (Å²) in [6, 6.07) is 8.93. The minimum atomic E-state index is -4.90. The van der Waals surface area contributed by atoms with Gasteiger partial charge in [0.15, 0.2) is 0 Å². The van der Waals surface area contributed by atoms with Crippen LogP contribution in [0.2, 0.25) is 0 Å². The van der Waals surface area contributed by atoms with Crippen molar-refractivity contribution in [2.75, 3.05) is 23.9 Å². The molecule has 11 heteroatoms. The van der Waals surface area contributed by atoms with Crippen LogP contribution in [0.3, 0.4) is 0 Å². The predicted octanol–water partition coefficient (Wildman–Crippen LogP) is 5.82. The van der Waals surface area contributed by atoms with Crippen LogP contribution in [0.5, 0.6) is 0 Å². The van der Waals surface area contributed by atoms with E-state index in [4.69, 9.17) is 0 Å². The standard InChI is InChI=1S/C19H18Br3F3N2O2S/c1-30-9-17(28)26-8-11-2-3-15(7-16(11)22)27-10-18(29,19(23,24)25)12-4-13(20)6-14(21)5-12/h2-7,27,29H,8-10H2,1H3,(H,26,28)/t18-/m1/s1. The molecule has 2 aromatic rings. The number of nitrogens with one attached hydrogen (secondary N) is 2. The molecule has 0 heterocycles. The summed E-state index contributed by atoms with van der Waals surface area (Å²) in [6.45, 7) is -0.492. The van der Waals surface area contributed by atoms with Crippen molar-refractivity contribution in [3.8, 4) is 0 Å². The van der Waals surface area contributed by atoms with Crippen LogP contribution >= 0.6 is 59.6 Å². The zero-order chi connectivity index (χ0) is 22.5. The lowest BCUT2D eigenvalue weighted by atomic mass is 9.93. The number of halogens is 6. The summed E-state index contributed by atoms with van der Waals surface area (Å²) in [5, 5.41) is 16.0. The van der Waals surface area contributed by atoms with E-state index in [0.29, 0.717) is 31.4 Å². The lowest BCUT2D eigenvalue weighted by Gasteiger charge is -2.32. The fourth-order valence-corrected chi connectivity index (χ4v) is 4.74. The van der Waals surface area contributed by atoms with Gasteiger partial charge in [-0.05, 0) is 47.7 Å². The highest BCUT2D eigenvalue weighted by molar-refractivity contribution is 9.11. The van der Waals surface area contributed by atoms with E-state index in [9.17, 15) is 23.1 Å². The number of carbonyl (C=O) groups excluding carboxylic acids is 1. The summed E-state index contributed by atoms with van der Waals surface area (Å²) in [4.78, 5) is 11.6. The van der Waals surface area contributed by atoms with E-state index in [0.717, 1.165) is 5.56 Å². The average Bonchev–Trinajstić information content (AvgIpc) is 2.63. The van der Waals surface area contributed by atoms with Crippen molar-refractivity contribution in [1.82, 2.24) is 5.32 Å². The molecule has 164 valence electrons. The van der Waals surface area contributed by atoms with Gasteiger partial charge in [0.1, 0.15) is 0 Å². The summed E-state index contributed by atoms with van der Waals surface area (Å²) in [7, 11) is 0. The first-order valence-corrected chi connectivity index (χ1v) is 12.3. The average molecular weight is 635 g/mol. The minimum absolute atomic E-state index is 0.105. The van der Waals surface area contributed by atoms with E-state index in [1.54, 1.807) is 24.3 Å². The number of anilines is 1. The number of hydrogen-bond acceptors (Lipinski definition) is 4. The van der Waals surface area contributed by atoms with E-state index in [-0.39, 0.29) is 11.5 Å². The zero-order valence-electron chi connectivity index (χ0n) is 15.6. The third-order valence-electron chi connectivity index (χ3n) is 4.16. The van der Waals surface area contributed by atoms with Gasteiger partial charge in [0, 0.05) is 25.7 Å². The van der Waals surface area contributed by atoms with Crippen molar-refractivity contribution in [2.24, 2.45) is 0 Å². The number of alkyl halides is 3. The first kappa shape index (κ1) is 25.5. The summed E-state index contributed by atoms with van der Waals surface area (Å²) in [6.07, 6.45) is -3.08. The van der Waals surface area contributed by atoms with Gasteiger partial charge in [0.25, 0.3) is 0 Å². The molecule has 3 N–H and O–H groups in total. The van der Waals surface area contributed by atoms with Crippen molar-refractivity contribution < 1.29 is 23.1 Å². The molecule has 0 aliphatic carbocycles. The smallest absolute Gasteiger partial charge is 0.381 e. The summed E-state index contributed by atoms with van der Waals surface area (Å²) >= 11 is 11.1. The summed E-state index contributed by atoms with van der Waals surface area (Å²) in [5.74, 6) is 0.242. The lowest BCUT2D eigenvalue weighted by Crippen LogP contribution is -2.47. The third-order valence-corrected chi connectivity index (χ3v) is 6.37. The van der Waals surface area contributed by atoms with Gasteiger partial charge < -0.3 is 15.7 Å². The number of hydrogen-bond donors (Lipinski definition) is 3. The highest BCUT2D eigenvalue weighted by Crippen LogP contribution is 2.41. The minimum Gasteiger partial charge on any atom is -0.381 e. The van der Waals surface area contributed by atoms with Gasteiger partial charge in [-0.1, -0.05) is 53.9 Å². The van der Waals surface area contributed by atoms with E-state index in [2.05, 4.69) is 58.4 Å². The number of benzene rings is 2. The molecule has 0 saturated heterocycles. The number of rotatable bonds is 8. The summed E-state index contributed by atoms with van der Waals surface area (Å²) in [5.41, 5.74) is -2.23. The van der Waals surface area contributed by atoms with Gasteiger partial charge in [-0.3, -0.25) is 4.79 Å². The summed E-state index contributed by atoms with van der Waals surface area (Å²) < 4.78 is 42.7. The Hall–Kier alpha value is -0.750. The number of thioether (sulfide) groups is 1. The van der Waals surface area contributed by atoms with Crippen LogP contribution < -0.4 is 10.6 Å². The lowest BCUT2D eigenvalue weighted by molar-refractivity contribution is -0.260. The fraction of sp³-hybridized carbons (Fsp3) is 0.316. The Morgan fingerprint density at radius 1 is 1.10 bits per heavy atom. The molecule has 0 spiro atoms. The maximum atomic E-state index is 13.8. The molecule has 0 bridgehead atoms. The molecule has 0 saturated carbocycles. The Morgan fingerprint density at radius 2 is 1.73 bits per heavy atom. The number of amides is 1. The van der Waals surface area contributed by atoms with Crippen LogP contribution in [-0.4, -0.2) is 35.7 Å². The van der Waals surface area contributed by atoms with Crippen LogP contribution in [-0.2, 0) is 16.9 Å². The monoisotopic (exact) mass is 632 g/mol. The largest absolute Gasteiger partial charge is 0.423 e. The van der Waals surface area contributed by atoms with Crippen molar-refractivity contribution in [2.45, 2.75) is 18.3 Å². The molecule has 0 aliphatic heterocycles. The topological polar surface area (TPSA) is 61.4 Å². The van der Waals surface area contributed by atoms with Crippen LogP contribution in [0.1, 0.15) is 11.1 Å². The van der Waals surface area contributed by atoms with Crippen LogP contribution in [0, 0.1) is 0 Å². The van der Waals surface area contributed by atoms with Crippen LogP contribution in [0.25, 0.3) is 0 Å². The fourth-order valence-electron chi connectivity index (χ4n) is 2.57. The second kappa shape index (κ2) is 10.7. The van der Waals surface area contributed by atoms with E-state index < -0.39 is 18.3 Å². The van der Waals surface area contributed by atoms with Gasteiger partial charge >= 0.3 is 6.18 Å². The molecule has 0 unspecified atom stereocenters. The molecule has 0 radical (unpaired) electrons. The molecular weight excluding hydrogens is 617 g/mol. The van der Waals surface area contributed by atoms with Gasteiger partial charge in [-0.25, -0.2) is 0 Å². The second-order valence-corrected chi connectivity index (χ2v) is 9.94. The quantitative estimate of drug-likeness (QED) is 0.343. The van der Waals surface area contributed by atoms with Crippen molar-refractivity contribution in [1.29, 1.82) is 0 Å². The van der Waals surface area contributed by atoms with E-state index >= 15 is 0 Å². The van der Waals surface area contributed by atoms with E-state index in [1.165, 1.54) is 23.9 Å². The van der Waals surface area contributed by atoms with Crippen molar-refractivity contribution >= 4 is 71.1 Å². The van der Waals surface area contributed by atoms with Gasteiger partial charge in [0.05, 0.1) is 12.3 Å². The molecule has 2 aromatic carbocycles. The molecular formula is C19H18Br3F3N2O2S. The first-order chi connectivity index (χ1) is 14.0. The van der Waals surface area contributed by atoms with E-state index in [1.807, 2.05) is 6.26 Å². The number of carbonyl (C=O) groups is 1. The third kappa shape index (κ3) is 6.62. The SMILES string of the molecule is CSCC(=O)NCc1ccc(NC[C@@](O)(c2cc(Br)cc(Br)c2)C(F)(F)F)cc1Br. The Labute approximate surface area is 201 Å². The number of aliphatic hydroxyl groups is 1. The van der Waals surface area contributed by atoms with Crippen LogP contribution in [0.4, 0.5) is 18.9 Å². The Kier molecular flexibility index (Phi) is 9.11. The predicted molar refractivity (Wildman–Crippen MR) is 125 cm³/mol. The molecule has 1 amide bonds. The molecule has 2 rings (SSSR count). The molecule has 0 aliphatic rings. The van der Waals surface area contributed by atoms with Gasteiger partial charge in [-0.15, -0.1) is 0 Å². The Morgan fingerprint density at radius 3 is 2.27 bits per heavy atom. The first-order valence-electron chi connectivity index (χ1n) is 8.50. The van der Waals surface area contributed by atoms with Gasteiger partial charge in [-0.2, -0.15) is 24.9 Å². The zero-order valence-corrected chi connectivity index (χ0v) is 21.2. The molecule has 0 fully saturated rings. The molecule has 4 nitrogen and oxygen atoms in total. The Bertz CT molecular complexity index is 895. The molecule has 1 atom stereocenters. The maximum Gasteiger partial charge on any atom is 0.423 e. The molecule has 30 heavy (non-hydrogen) atoms. The van der Waals surface area contributed by atoms with Crippen LogP contribution in [0.15, 0.2) is 49.8 Å². The second-order valence-electron chi connectivity index (χ2n) is 6.39. The van der Waals surface area contributed by atoms with Crippen molar-refractivity contribution in [3.05, 3.63) is 60.9 Å². The van der Waals surface area contributed by atoms with Crippen molar-refractivity contribution in [3.63, 3.8) is 0 Å². The Balaban J connectivity index is 2.18. The maximum absolute atomic E-state index is 13.8. The molecule has 0 aromatic heterocycles. The highest BCUT2D eigenvalue weighted by atomic mass is 79.9. The highest BCUT2D eigenvalue weighted by Gasteiger charge is 2.55. The van der Waals surface area contributed by atoms with Gasteiger partial charge in [0.2, 0.25) is 11.5 Å². The normalized spacial score (nSPS) is 13.6.